The van der Waals surface area contributed by atoms with Crippen LogP contribution in [0.15, 0.2) is 10.7 Å². The van der Waals surface area contributed by atoms with Crippen LogP contribution in [0.5, 0.6) is 0 Å². The van der Waals surface area contributed by atoms with Gasteiger partial charge in [-0.1, -0.05) is 5.16 Å². The molecule has 2 aromatic rings. The van der Waals surface area contributed by atoms with Crippen LogP contribution in [0.1, 0.15) is 30.3 Å². The lowest BCUT2D eigenvalue weighted by Gasteiger charge is -2.19. The van der Waals surface area contributed by atoms with E-state index in [0.29, 0.717) is 12.0 Å². The van der Waals surface area contributed by atoms with Gasteiger partial charge in [0.1, 0.15) is 5.69 Å². The lowest BCUT2D eigenvalue weighted by Crippen LogP contribution is -2.28. The number of aromatic nitrogens is 4. The zero-order valence-electron chi connectivity index (χ0n) is 10.8. The van der Waals surface area contributed by atoms with Crippen molar-refractivity contribution in [1.29, 1.82) is 0 Å². The Bertz CT molecular complexity index is 591. The van der Waals surface area contributed by atoms with E-state index in [1.54, 1.807) is 0 Å². The lowest BCUT2D eigenvalue weighted by molar-refractivity contribution is -0.140. The van der Waals surface area contributed by atoms with Gasteiger partial charge < -0.3 is 14.8 Å². The number of hydrogen-bond donors (Lipinski definition) is 2. The highest BCUT2D eigenvalue weighted by Gasteiger charge is 2.33. The molecule has 0 aromatic carbocycles. The summed E-state index contributed by atoms with van der Waals surface area (Å²) in [4.78, 5) is 9.88. The van der Waals surface area contributed by atoms with E-state index < -0.39 is 11.9 Å². The summed E-state index contributed by atoms with van der Waals surface area (Å²) in [6, 6.07) is 0. The van der Waals surface area contributed by atoms with Crippen molar-refractivity contribution < 1.29 is 17.7 Å². The number of aromatic amines is 1. The molecule has 1 aliphatic rings. The van der Waals surface area contributed by atoms with E-state index in [2.05, 4.69) is 25.4 Å². The second-order valence-electron chi connectivity index (χ2n) is 4.64. The fourth-order valence-corrected chi connectivity index (χ4v) is 2.14. The van der Waals surface area contributed by atoms with Gasteiger partial charge in [-0.15, -0.1) is 12.4 Å². The summed E-state index contributed by atoms with van der Waals surface area (Å²) in [5.41, 5.74) is -0.938. The second-order valence-corrected chi connectivity index (χ2v) is 4.64. The van der Waals surface area contributed by atoms with Crippen LogP contribution in [0.4, 0.5) is 13.2 Å². The molecule has 0 amide bonds. The van der Waals surface area contributed by atoms with Crippen molar-refractivity contribution in [3.05, 3.63) is 17.7 Å². The Morgan fingerprint density at radius 1 is 1.33 bits per heavy atom. The van der Waals surface area contributed by atoms with Gasteiger partial charge in [0.15, 0.2) is 11.6 Å². The first kappa shape index (κ1) is 15.8. The summed E-state index contributed by atoms with van der Waals surface area (Å²) < 4.78 is 42.4. The molecule has 0 aliphatic carbocycles. The Kier molecular flexibility index (Phi) is 4.52. The summed E-state index contributed by atoms with van der Waals surface area (Å²) >= 11 is 0. The molecule has 2 N–H and O–H groups in total. The third-order valence-electron chi connectivity index (χ3n) is 3.19. The highest BCUT2D eigenvalue weighted by atomic mass is 35.5. The maximum absolute atomic E-state index is 12.5. The minimum atomic E-state index is -4.47. The fourth-order valence-electron chi connectivity index (χ4n) is 2.14. The number of halogens is 4. The minimum absolute atomic E-state index is 0. The molecule has 0 saturated carbocycles. The van der Waals surface area contributed by atoms with Crippen molar-refractivity contribution in [3.8, 4) is 11.7 Å². The van der Waals surface area contributed by atoms with Crippen LogP contribution in [0.2, 0.25) is 0 Å². The molecule has 0 radical (unpaired) electrons. The van der Waals surface area contributed by atoms with E-state index in [9.17, 15) is 13.2 Å². The first-order chi connectivity index (χ1) is 9.54. The molecule has 1 aliphatic heterocycles. The molecule has 10 heteroatoms. The van der Waals surface area contributed by atoms with Crippen LogP contribution in [0.3, 0.4) is 0 Å². The van der Waals surface area contributed by atoms with Gasteiger partial charge in [-0.3, -0.25) is 0 Å². The summed E-state index contributed by atoms with van der Waals surface area (Å²) in [5.74, 6) is 0.524. The summed E-state index contributed by atoms with van der Waals surface area (Å²) in [6.07, 6.45) is -1.83. The molecule has 21 heavy (non-hydrogen) atoms. The van der Waals surface area contributed by atoms with Crippen LogP contribution >= 0.6 is 12.4 Å². The Balaban J connectivity index is 0.00000161. The van der Waals surface area contributed by atoms with Gasteiger partial charge in [0.25, 0.3) is 5.89 Å². The number of hydrogen-bond acceptors (Lipinski definition) is 5. The number of piperidine rings is 1. The van der Waals surface area contributed by atoms with Crippen LogP contribution in [0, 0.1) is 0 Å². The third kappa shape index (κ3) is 3.35. The van der Waals surface area contributed by atoms with E-state index in [1.165, 1.54) is 0 Å². The smallest absolute Gasteiger partial charge is 0.331 e. The first-order valence-electron chi connectivity index (χ1n) is 6.21. The van der Waals surface area contributed by atoms with Gasteiger partial charge in [-0.25, -0.2) is 4.98 Å². The van der Waals surface area contributed by atoms with E-state index in [1.807, 2.05) is 0 Å². The monoisotopic (exact) mass is 323 g/mol. The van der Waals surface area contributed by atoms with Crippen molar-refractivity contribution in [2.75, 3.05) is 13.1 Å². The topological polar surface area (TPSA) is 79.6 Å². The molecule has 1 fully saturated rings. The normalized spacial score (nSPS) is 19.3. The van der Waals surface area contributed by atoms with E-state index in [0.717, 1.165) is 25.9 Å². The third-order valence-corrected chi connectivity index (χ3v) is 3.19. The number of rotatable bonds is 2. The summed E-state index contributed by atoms with van der Waals surface area (Å²) in [6.45, 7) is 1.69. The molecule has 3 heterocycles. The number of nitrogens with zero attached hydrogens (tertiary/aromatic N) is 3. The van der Waals surface area contributed by atoms with E-state index in [4.69, 9.17) is 4.52 Å². The molecule has 6 nitrogen and oxygen atoms in total. The molecule has 0 spiro atoms. The van der Waals surface area contributed by atoms with Gasteiger partial charge in [0.05, 0.1) is 6.20 Å². The van der Waals surface area contributed by atoms with Gasteiger partial charge in [-0.05, 0) is 19.4 Å². The van der Waals surface area contributed by atoms with Crippen LogP contribution < -0.4 is 5.32 Å². The molecule has 0 bridgehead atoms. The van der Waals surface area contributed by atoms with Crippen LogP contribution in [-0.4, -0.2) is 33.2 Å². The van der Waals surface area contributed by atoms with Gasteiger partial charge in [0, 0.05) is 12.5 Å². The average Bonchev–Trinajstić information content (AvgIpc) is 3.08. The Labute approximate surface area is 123 Å². The quantitative estimate of drug-likeness (QED) is 0.887. The van der Waals surface area contributed by atoms with Gasteiger partial charge in [-0.2, -0.15) is 18.2 Å². The van der Waals surface area contributed by atoms with Crippen molar-refractivity contribution in [3.63, 3.8) is 0 Å². The van der Waals surface area contributed by atoms with Crippen molar-refractivity contribution in [1.82, 2.24) is 25.4 Å². The summed E-state index contributed by atoms with van der Waals surface area (Å²) in [7, 11) is 0. The first-order valence-corrected chi connectivity index (χ1v) is 6.21. The second kappa shape index (κ2) is 6.02. The van der Waals surface area contributed by atoms with Gasteiger partial charge in [0.2, 0.25) is 0 Å². The number of nitrogens with one attached hydrogen (secondary N) is 2. The highest BCUT2D eigenvalue weighted by molar-refractivity contribution is 5.85. The van der Waals surface area contributed by atoms with Crippen LogP contribution in [-0.2, 0) is 6.18 Å². The zero-order valence-corrected chi connectivity index (χ0v) is 11.6. The molecule has 116 valence electrons. The van der Waals surface area contributed by atoms with Crippen LogP contribution in [0.25, 0.3) is 11.7 Å². The Morgan fingerprint density at radius 3 is 2.76 bits per heavy atom. The highest BCUT2D eigenvalue weighted by Crippen LogP contribution is 2.29. The SMILES string of the molecule is Cl.FC(F)(F)c1cnc(-c2nc([C@H]3CCCNC3)no2)[nH]1. The van der Waals surface area contributed by atoms with Crippen molar-refractivity contribution >= 4 is 12.4 Å². The predicted octanol–water partition coefficient (Wildman–Crippen LogP) is 2.37. The standard InChI is InChI=1S/C11H12F3N5O.ClH/c12-11(13,14)7-5-16-9(17-7)10-18-8(19-20-10)6-2-1-3-15-4-6;/h5-6,15H,1-4H2,(H,16,17);1H/t6-;/m0./s1. The van der Waals surface area contributed by atoms with Gasteiger partial charge >= 0.3 is 6.18 Å². The molecular formula is C11H13ClF3N5O. The molecule has 2 aromatic heterocycles. The maximum atomic E-state index is 12.5. The molecule has 0 unspecified atom stereocenters. The largest absolute Gasteiger partial charge is 0.432 e. The molecule has 1 atom stereocenters. The number of imidazole rings is 1. The molecule has 3 rings (SSSR count). The number of H-pyrrole nitrogens is 1. The van der Waals surface area contributed by atoms with E-state index in [-0.39, 0.29) is 30.0 Å². The maximum Gasteiger partial charge on any atom is 0.432 e. The van der Waals surface area contributed by atoms with Crippen molar-refractivity contribution in [2.45, 2.75) is 24.9 Å². The predicted molar refractivity (Wildman–Crippen MR) is 69.0 cm³/mol. The zero-order chi connectivity index (χ0) is 14.2. The molecule has 1 saturated heterocycles. The fraction of sp³-hybridized carbons (Fsp3) is 0.545. The van der Waals surface area contributed by atoms with E-state index >= 15 is 0 Å². The lowest BCUT2D eigenvalue weighted by atomic mass is 9.99. The Hall–Kier alpha value is -1.61. The average molecular weight is 324 g/mol. The minimum Gasteiger partial charge on any atom is -0.331 e. The number of alkyl halides is 3. The van der Waals surface area contributed by atoms with Crippen molar-refractivity contribution in [2.24, 2.45) is 0 Å². The Morgan fingerprint density at radius 2 is 2.14 bits per heavy atom. The molecular weight excluding hydrogens is 311 g/mol. The summed E-state index contributed by atoms with van der Waals surface area (Å²) in [5, 5.41) is 7.03.